The molecular formula is C23H19BrClNO4. The van der Waals surface area contributed by atoms with E-state index in [2.05, 4.69) is 21.2 Å². The maximum atomic E-state index is 12.9. The zero-order valence-corrected chi connectivity index (χ0v) is 18.4. The van der Waals surface area contributed by atoms with Gasteiger partial charge in [0.2, 0.25) is 6.10 Å². The van der Waals surface area contributed by atoms with Crippen LogP contribution in [-0.2, 0) is 20.7 Å². The highest BCUT2D eigenvalue weighted by Crippen LogP contribution is 2.28. The molecule has 1 N–H and O–H groups in total. The summed E-state index contributed by atoms with van der Waals surface area (Å²) in [6.07, 6.45) is -1.05. The molecule has 5 nitrogen and oxygen atoms in total. The van der Waals surface area contributed by atoms with E-state index in [1.54, 1.807) is 42.5 Å². The van der Waals surface area contributed by atoms with E-state index in [1.807, 2.05) is 30.3 Å². The van der Waals surface area contributed by atoms with Crippen LogP contribution < -0.4 is 10.1 Å². The summed E-state index contributed by atoms with van der Waals surface area (Å²) >= 11 is 9.49. The monoisotopic (exact) mass is 487 g/mol. The van der Waals surface area contributed by atoms with Crippen molar-refractivity contribution >= 4 is 45.1 Å². The second-order valence-corrected chi connectivity index (χ2v) is 7.75. The normalized spacial score (nSPS) is 11.4. The number of esters is 1. The summed E-state index contributed by atoms with van der Waals surface area (Å²) < 4.78 is 11.6. The van der Waals surface area contributed by atoms with E-state index >= 15 is 0 Å². The van der Waals surface area contributed by atoms with Crippen molar-refractivity contribution in [1.82, 2.24) is 0 Å². The van der Waals surface area contributed by atoms with Crippen molar-refractivity contribution in [2.24, 2.45) is 0 Å². The SMILES string of the molecule is COc1ccc(NC(=O)C(OC(=O)Cc2ccc(Br)cc2)c2ccccc2)cc1Cl. The lowest BCUT2D eigenvalue weighted by atomic mass is 10.1. The zero-order valence-electron chi connectivity index (χ0n) is 16.1. The number of methoxy groups -OCH3 is 1. The number of amides is 1. The van der Waals surface area contributed by atoms with Gasteiger partial charge in [-0.2, -0.15) is 0 Å². The molecule has 0 aliphatic rings. The molecule has 3 aromatic carbocycles. The van der Waals surface area contributed by atoms with Crippen molar-refractivity contribution in [3.05, 3.63) is 93.4 Å². The van der Waals surface area contributed by atoms with Gasteiger partial charge < -0.3 is 14.8 Å². The highest BCUT2D eigenvalue weighted by atomic mass is 79.9. The average molecular weight is 489 g/mol. The summed E-state index contributed by atoms with van der Waals surface area (Å²) in [5.74, 6) is -0.490. The number of hydrogen-bond acceptors (Lipinski definition) is 4. The summed E-state index contributed by atoms with van der Waals surface area (Å²) in [6.45, 7) is 0. The largest absolute Gasteiger partial charge is 0.495 e. The number of carbonyl (C=O) groups excluding carboxylic acids is 2. The Hall–Kier alpha value is -2.83. The molecule has 0 fully saturated rings. The van der Waals surface area contributed by atoms with Gasteiger partial charge in [-0.15, -0.1) is 0 Å². The van der Waals surface area contributed by atoms with E-state index in [0.29, 0.717) is 22.0 Å². The Kier molecular flexibility index (Phi) is 7.49. The van der Waals surface area contributed by atoms with E-state index < -0.39 is 18.0 Å². The molecule has 1 amide bonds. The van der Waals surface area contributed by atoms with Crippen molar-refractivity contribution in [2.45, 2.75) is 12.5 Å². The quantitative estimate of drug-likeness (QED) is 0.441. The number of ether oxygens (including phenoxy) is 2. The predicted molar refractivity (Wildman–Crippen MR) is 120 cm³/mol. The molecule has 7 heteroatoms. The Morgan fingerprint density at radius 2 is 1.73 bits per heavy atom. The van der Waals surface area contributed by atoms with Crippen LogP contribution in [0.5, 0.6) is 5.75 Å². The van der Waals surface area contributed by atoms with Gasteiger partial charge in [0.15, 0.2) is 0 Å². The van der Waals surface area contributed by atoms with Crippen LogP contribution in [0.25, 0.3) is 0 Å². The van der Waals surface area contributed by atoms with Crippen molar-refractivity contribution in [2.75, 3.05) is 12.4 Å². The molecule has 154 valence electrons. The topological polar surface area (TPSA) is 64.6 Å². The smallest absolute Gasteiger partial charge is 0.311 e. The Morgan fingerprint density at radius 1 is 1.03 bits per heavy atom. The number of nitrogens with one attached hydrogen (secondary N) is 1. The summed E-state index contributed by atoms with van der Waals surface area (Å²) in [7, 11) is 1.51. The van der Waals surface area contributed by atoms with E-state index in [1.165, 1.54) is 7.11 Å². The number of rotatable bonds is 7. The Morgan fingerprint density at radius 3 is 2.37 bits per heavy atom. The van der Waals surface area contributed by atoms with Gasteiger partial charge in [0.1, 0.15) is 5.75 Å². The van der Waals surface area contributed by atoms with Crippen LogP contribution in [0.1, 0.15) is 17.2 Å². The lowest BCUT2D eigenvalue weighted by Crippen LogP contribution is -2.26. The first-order chi connectivity index (χ1) is 14.5. The number of hydrogen-bond donors (Lipinski definition) is 1. The van der Waals surface area contributed by atoms with Crippen molar-refractivity contribution in [3.8, 4) is 5.75 Å². The van der Waals surface area contributed by atoms with Crippen LogP contribution in [0, 0.1) is 0 Å². The first-order valence-corrected chi connectivity index (χ1v) is 10.3. The first kappa shape index (κ1) is 21.9. The van der Waals surface area contributed by atoms with Gasteiger partial charge in [0.25, 0.3) is 5.91 Å². The minimum absolute atomic E-state index is 0.0538. The number of benzene rings is 3. The van der Waals surface area contributed by atoms with Gasteiger partial charge in [0, 0.05) is 15.7 Å². The van der Waals surface area contributed by atoms with Gasteiger partial charge in [-0.3, -0.25) is 9.59 Å². The molecule has 30 heavy (non-hydrogen) atoms. The molecule has 1 unspecified atom stereocenters. The van der Waals surface area contributed by atoms with Gasteiger partial charge in [0.05, 0.1) is 18.6 Å². The molecule has 0 saturated heterocycles. The van der Waals surface area contributed by atoms with E-state index in [0.717, 1.165) is 10.0 Å². The van der Waals surface area contributed by atoms with Gasteiger partial charge in [-0.1, -0.05) is 70.0 Å². The first-order valence-electron chi connectivity index (χ1n) is 9.09. The second-order valence-electron chi connectivity index (χ2n) is 6.42. The van der Waals surface area contributed by atoms with E-state index in [4.69, 9.17) is 21.1 Å². The minimum Gasteiger partial charge on any atom is -0.495 e. The maximum absolute atomic E-state index is 12.9. The molecule has 0 bridgehead atoms. The molecule has 0 aliphatic carbocycles. The third-order valence-electron chi connectivity index (χ3n) is 4.27. The number of anilines is 1. The Bertz CT molecular complexity index is 1030. The Balaban J connectivity index is 1.76. The standard InChI is InChI=1S/C23H19BrClNO4/c1-29-20-12-11-18(14-19(20)25)26-23(28)22(16-5-3-2-4-6-16)30-21(27)13-15-7-9-17(24)10-8-15/h2-12,14,22H,13H2,1H3,(H,26,28). The molecule has 0 aliphatic heterocycles. The highest BCUT2D eigenvalue weighted by molar-refractivity contribution is 9.10. The fourth-order valence-electron chi connectivity index (χ4n) is 2.79. The van der Waals surface area contributed by atoms with Crippen LogP contribution in [0.4, 0.5) is 5.69 Å². The molecule has 1 atom stereocenters. The molecule has 0 spiro atoms. The minimum atomic E-state index is -1.10. The summed E-state index contributed by atoms with van der Waals surface area (Å²) in [4.78, 5) is 25.5. The van der Waals surface area contributed by atoms with E-state index in [-0.39, 0.29) is 6.42 Å². The average Bonchev–Trinajstić information content (AvgIpc) is 2.74. The van der Waals surface area contributed by atoms with Crippen LogP contribution in [0.15, 0.2) is 77.3 Å². The second kappa shape index (κ2) is 10.3. The van der Waals surface area contributed by atoms with Crippen LogP contribution in [-0.4, -0.2) is 19.0 Å². The summed E-state index contributed by atoms with van der Waals surface area (Å²) in [6, 6.07) is 21.1. The third kappa shape index (κ3) is 5.84. The molecular weight excluding hydrogens is 470 g/mol. The molecule has 0 saturated carbocycles. The van der Waals surface area contributed by atoms with E-state index in [9.17, 15) is 9.59 Å². The molecule has 3 rings (SSSR count). The van der Waals surface area contributed by atoms with Crippen LogP contribution >= 0.6 is 27.5 Å². The van der Waals surface area contributed by atoms with Gasteiger partial charge in [-0.25, -0.2) is 0 Å². The zero-order chi connectivity index (χ0) is 21.5. The van der Waals surface area contributed by atoms with Gasteiger partial charge >= 0.3 is 5.97 Å². The number of halogens is 2. The van der Waals surface area contributed by atoms with Crippen molar-refractivity contribution in [3.63, 3.8) is 0 Å². The highest BCUT2D eigenvalue weighted by Gasteiger charge is 2.25. The van der Waals surface area contributed by atoms with Crippen LogP contribution in [0.3, 0.4) is 0 Å². The molecule has 0 heterocycles. The molecule has 0 aromatic heterocycles. The van der Waals surface area contributed by atoms with Crippen molar-refractivity contribution < 1.29 is 19.1 Å². The lowest BCUT2D eigenvalue weighted by Gasteiger charge is -2.18. The maximum Gasteiger partial charge on any atom is 0.311 e. The Labute approximate surface area is 188 Å². The molecule has 0 radical (unpaired) electrons. The number of carbonyl (C=O) groups is 2. The van der Waals surface area contributed by atoms with Crippen LogP contribution in [0.2, 0.25) is 5.02 Å². The summed E-state index contributed by atoms with van der Waals surface area (Å²) in [5, 5.41) is 3.11. The fraction of sp³-hybridized carbons (Fsp3) is 0.130. The third-order valence-corrected chi connectivity index (χ3v) is 5.09. The van der Waals surface area contributed by atoms with Gasteiger partial charge in [-0.05, 0) is 35.9 Å². The summed E-state index contributed by atoms with van der Waals surface area (Å²) in [5.41, 5.74) is 1.83. The predicted octanol–water partition coefficient (Wildman–Crippen LogP) is 5.58. The molecule has 3 aromatic rings. The van der Waals surface area contributed by atoms with Crippen molar-refractivity contribution in [1.29, 1.82) is 0 Å². The fourth-order valence-corrected chi connectivity index (χ4v) is 3.32. The lowest BCUT2D eigenvalue weighted by molar-refractivity contribution is -0.154.